The van der Waals surface area contributed by atoms with Crippen LogP contribution in [0.4, 0.5) is 0 Å². The van der Waals surface area contributed by atoms with E-state index < -0.39 is 0 Å². The van der Waals surface area contributed by atoms with Crippen LogP contribution in [-0.2, 0) is 4.79 Å². The standard InChI is InChI=1S/C27H46O4/c1-16(15-28)6-5-7-17(2)20-8-9-21-25-22(14-24(31)27(20,21)4)26(3)11-10-19(29)12-18(26)13-23(25)30/h16-18,20-25,28,30-31H,5-15H2,1-4H3/t16?,17-,18+,20-,21+,22+,23-,24+,25+,26+,27-/m1/s1. The zero-order valence-electron chi connectivity index (χ0n) is 20.2. The Bertz CT molecular complexity index is 664. The molecule has 0 aliphatic heterocycles. The van der Waals surface area contributed by atoms with Gasteiger partial charge in [-0.2, -0.15) is 0 Å². The molecule has 4 nitrogen and oxygen atoms in total. The summed E-state index contributed by atoms with van der Waals surface area (Å²) in [5.74, 6) is 3.07. The Hall–Kier alpha value is -0.450. The van der Waals surface area contributed by atoms with Crippen molar-refractivity contribution in [3.8, 4) is 0 Å². The van der Waals surface area contributed by atoms with E-state index in [-0.39, 0.29) is 41.5 Å². The molecule has 0 aromatic heterocycles. The number of Topliss-reactive ketones (excluding diaryl/α,β-unsaturated/α-hetero) is 1. The maximum absolute atomic E-state index is 12.1. The molecule has 0 saturated heterocycles. The minimum Gasteiger partial charge on any atom is -0.396 e. The lowest BCUT2D eigenvalue weighted by molar-refractivity contribution is -0.201. The van der Waals surface area contributed by atoms with E-state index in [0.29, 0.717) is 48.2 Å². The van der Waals surface area contributed by atoms with Crippen LogP contribution in [0.5, 0.6) is 0 Å². The van der Waals surface area contributed by atoms with Crippen molar-refractivity contribution >= 4 is 5.78 Å². The van der Waals surface area contributed by atoms with Gasteiger partial charge in [0.05, 0.1) is 12.2 Å². The van der Waals surface area contributed by atoms with E-state index in [2.05, 4.69) is 27.7 Å². The molecule has 4 aliphatic rings. The van der Waals surface area contributed by atoms with Crippen molar-refractivity contribution in [2.75, 3.05) is 6.61 Å². The average molecular weight is 435 g/mol. The first kappa shape index (κ1) is 23.7. The highest BCUT2D eigenvalue weighted by atomic mass is 16.3. The molecule has 4 rings (SSSR count). The van der Waals surface area contributed by atoms with Gasteiger partial charge in [0.1, 0.15) is 5.78 Å². The highest BCUT2D eigenvalue weighted by Crippen LogP contribution is 2.68. The molecule has 31 heavy (non-hydrogen) atoms. The van der Waals surface area contributed by atoms with Crippen LogP contribution in [0, 0.1) is 52.3 Å². The van der Waals surface area contributed by atoms with Crippen molar-refractivity contribution in [2.45, 2.75) is 104 Å². The molecule has 3 N–H and O–H groups in total. The fourth-order valence-electron chi connectivity index (χ4n) is 9.03. The first-order chi connectivity index (χ1) is 14.6. The van der Waals surface area contributed by atoms with Crippen molar-refractivity contribution in [1.82, 2.24) is 0 Å². The van der Waals surface area contributed by atoms with Crippen LogP contribution in [0.1, 0.15) is 91.9 Å². The van der Waals surface area contributed by atoms with E-state index >= 15 is 0 Å². The summed E-state index contributed by atoms with van der Waals surface area (Å²) in [6.07, 6.45) is 8.79. The number of hydrogen-bond donors (Lipinski definition) is 3. The lowest BCUT2D eigenvalue weighted by atomic mass is 9.43. The van der Waals surface area contributed by atoms with Gasteiger partial charge >= 0.3 is 0 Å². The Morgan fingerprint density at radius 2 is 1.81 bits per heavy atom. The molecule has 0 aromatic rings. The second-order valence-corrected chi connectivity index (χ2v) is 12.5. The molecule has 0 radical (unpaired) electrons. The lowest BCUT2D eigenvalue weighted by Crippen LogP contribution is -2.62. The highest BCUT2D eigenvalue weighted by Gasteiger charge is 2.65. The Kier molecular flexibility index (Phi) is 6.67. The van der Waals surface area contributed by atoms with Crippen molar-refractivity contribution < 1.29 is 20.1 Å². The summed E-state index contributed by atoms with van der Waals surface area (Å²) in [5.41, 5.74) is -0.0257. The second kappa shape index (κ2) is 8.72. The zero-order chi connectivity index (χ0) is 22.6. The topological polar surface area (TPSA) is 77.8 Å². The van der Waals surface area contributed by atoms with Gasteiger partial charge in [-0.05, 0) is 90.8 Å². The van der Waals surface area contributed by atoms with Crippen LogP contribution in [0.25, 0.3) is 0 Å². The SMILES string of the molecule is CC(CO)CCC[C@@H](C)[C@H]1CC[C@H]2[C@@H]3[C@H](O)C[C@@H]4CC(=O)CC[C@]4(C)[C@H]3C[C@H](O)[C@]12C. The van der Waals surface area contributed by atoms with E-state index in [4.69, 9.17) is 0 Å². The number of carbonyl (C=O) groups excluding carboxylic acids is 1. The number of ketones is 1. The quantitative estimate of drug-likeness (QED) is 0.571. The maximum atomic E-state index is 12.1. The number of rotatable bonds is 6. The molecular formula is C27H46O4. The van der Waals surface area contributed by atoms with Gasteiger partial charge in [-0.1, -0.05) is 40.5 Å². The van der Waals surface area contributed by atoms with E-state index in [0.717, 1.165) is 51.4 Å². The van der Waals surface area contributed by atoms with Gasteiger partial charge < -0.3 is 15.3 Å². The van der Waals surface area contributed by atoms with E-state index in [1.807, 2.05) is 0 Å². The van der Waals surface area contributed by atoms with Crippen LogP contribution in [0.3, 0.4) is 0 Å². The molecule has 1 unspecified atom stereocenters. The van der Waals surface area contributed by atoms with E-state index in [1.165, 1.54) is 0 Å². The predicted octanol–water partition coefficient (Wildman–Crippen LogP) is 4.59. The van der Waals surface area contributed by atoms with Crippen molar-refractivity contribution in [3.63, 3.8) is 0 Å². The Labute approximate surface area is 189 Å². The summed E-state index contributed by atoms with van der Waals surface area (Å²) in [6, 6.07) is 0. The highest BCUT2D eigenvalue weighted by molar-refractivity contribution is 5.79. The summed E-state index contributed by atoms with van der Waals surface area (Å²) >= 11 is 0. The maximum Gasteiger partial charge on any atom is 0.133 e. The molecule has 4 heteroatoms. The van der Waals surface area contributed by atoms with Crippen LogP contribution >= 0.6 is 0 Å². The van der Waals surface area contributed by atoms with Crippen LogP contribution in [-0.4, -0.2) is 39.9 Å². The second-order valence-electron chi connectivity index (χ2n) is 12.5. The largest absolute Gasteiger partial charge is 0.396 e. The fourth-order valence-corrected chi connectivity index (χ4v) is 9.03. The van der Waals surface area contributed by atoms with Gasteiger partial charge in [0.25, 0.3) is 0 Å². The summed E-state index contributed by atoms with van der Waals surface area (Å²) in [5, 5.41) is 32.3. The number of hydrogen-bond acceptors (Lipinski definition) is 4. The van der Waals surface area contributed by atoms with E-state index in [9.17, 15) is 20.1 Å². The number of fused-ring (bicyclic) bond motifs is 5. The average Bonchev–Trinajstić information content (AvgIpc) is 3.08. The first-order valence-corrected chi connectivity index (χ1v) is 13.1. The van der Waals surface area contributed by atoms with Crippen LogP contribution < -0.4 is 0 Å². The number of aliphatic hydroxyl groups is 3. The molecule has 178 valence electrons. The molecule has 0 heterocycles. The number of carbonyl (C=O) groups is 1. The van der Waals surface area contributed by atoms with Crippen molar-refractivity contribution in [2.24, 2.45) is 52.3 Å². The molecule has 0 aromatic carbocycles. The third-order valence-electron chi connectivity index (χ3n) is 11.0. The monoisotopic (exact) mass is 434 g/mol. The van der Waals surface area contributed by atoms with E-state index in [1.54, 1.807) is 0 Å². The third-order valence-corrected chi connectivity index (χ3v) is 11.0. The Balaban J connectivity index is 1.53. The van der Waals surface area contributed by atoms with Gasteiger partial charge in [0.2, 0.25) is 0 Å². The molecule has 4 aliphatic carbocycles. The van der Waals surface area contributed by atoms with Crippen LogP contribution in [0.15, 0.2) is 0 Å². The molecule has 4 saturated carbocycles. The molecule has 4 fully saturated rings. The summed E-state index contributed by atoms with van der Waals surface area (Å²) in [6.45, 7) is 9.43. The molecule has 0 spiro atoms. The fraction of sp³-hybridized carbons (Fsp3) is 0.963. The number of aliphatic hydroxyl groups excluding tert-OH is 3. The lowest BCUT2D eigenvalue weighted by Gasteiger charge is -2.63. The van der Waals surface area contributed by atoms with Gasteiger partial charge in [0.15, 0.2) is 0 Å². The van der Waals surface area contributed by atoms with Crippen molar-refractivity contribution in [1.29, 1.82) is 0 Å². The van der Waals surface area contributed by atoms with Gasteiger partial charge in [-0.15, -0.1) is 0 Å². The predicted molar refractivity (Wildman–Crippen MR) is 122 cm³/mol. The molecular weight excluding hydrogens is 388 g/mol. The Morgan fingerprint density at radius 1 is 1.06 bits per heavy atom. The first-order valence-electron chi connectivity index (χ1n) is 13.1. The molecule has 11 atom stereocenters. The summed E-state index contributed by atoms with van der Waals surface area (Å²) in [4.78, 5) is 12.1. The van der Waals surface area contributed by atoms with Crippen molar-refractivity contribution in [3.05, 3.63) is 0 Å². The van der Waals surface area contributed by atoms with Gasteiger partial charge in [0, 0.05) is 19.4 Å². The van der Waals surface area contributed by atoms with Gasteiger partial charge in [-0.25, -0.2) is 0 Å². The molecule has 0 bridgehead atoms. The van der Waals surface area contributed by atoms with Crippen LogP contribution in [0.2, 0.25) is 0 Å². The minimum absolute atomic E-state index is 0.0876. The molecule has 0 amide bonds. The summed E-state index contributed by atoms with van der Waals surface area (Å²) in [7, 11) is 0. The minimum atomic E-state index is -0.328. The third kappa shape index (κ3) is 3.83. The van der Waals surface area contributed by atoms with Gasteiger partial charge in [-0.3, -0.25) is 4.79 Å². The zero-order valence-corrected chi connectivity index (χ0v) is 20.2. The Morgan fingerprint density at radius 3 is 2.52 bits per heavy atom. The smallest absolute Gasteiger partial charge is 0.133 e. The normalized spacial score (nSPS) is 49.1. The summed E-state index contributed by atoms with van der Waals surface area (Å²) < 4.78 is 0.